The molecule has 0 spiro atoms. The van der Waals surface area contributed by atoms with Crippen molar-refractivity contribution in [3.63, 3.8) is 0 Å². The van der Waals surface area contributed by atoms with Crippen molar-refractivity contribution < 1.29 is 5.11 Å². The molecule has 0 saturated heterocycles. The molecule has 1 aromatic heterocycles. The van der Waals surface area contributed by atoms with Crippen LogP contribution in [0.4, 0.5) is 0 Å². The molecule has 0 fully saturated rings. The molecule has 3 nitrogen and oxygen atoms in total. The first kappa shape index (κ1) is 16.8. The van der Waals surface area contributed by atoms with Crippen molar-refractivity contribution in [1.29, 1.82) is 0 Å². The summed E-state index contributed by atoms with van der Waals surface area (Å²) in [5, 5.41) is 15.6. The molecule has 0 unspecified atom stereocenters. The van der Waals surface area contributed by atoms with Gasteiger partial charge in [-0.05, 0) is 63.0 Å². The lowest BCUT2D eigenvalue weighted by Crippen LogP contribution is -1.87. The second-order valence-corrected chi connectivity index (χ2v) is 7.53. The van der Waals surface area contributed by atoms with Crippen LogP contribution in [0, 0.1) is 0 Å². The van der Waals surface area contributed by atoms with E-state index in [1.807, 2.05) is 36.4 Å². The molecule has 1 heterocycles. The van der Waals surface area contributed by atoms with Gasteiger partial charge in [-0.15, -0.1) is 0 Å². The number of aromatic amines is 1. The molecule has 3 heteroatoms. The zero-order chi connectivity index (χ0) is 20.1. The fourth-order valence-corrected chi connectivity index (χ4v) is 4.29. The second kappa shape index (κ2) is 6.46. The van der Waals surface area contributed by atoms with Crippen molar-refractivity contribution in [2.45, 2.75) is 0 Å². The van der Waals surface area contributed by atoms with E-state index in [9.17, 15) is 5.11 Å². The minimum absolute atomic E-state index is 0.212. The lowest BCUT2D eigenvalue weighted by molar-refractivity contribution is 0.477. The summed E-state index contributed by atoms with van der Waals surface area (Å²) in [4.78, 5) is 7.93. The molecule has 0 saturated carbocycles. The fourth-order valence-electron chi connectivity index (χ4n) is 4.29. The predicted molar refractivity (Wildman–Crippen MR) is 124 cm³/mol. The molecule has 0 aliphatic carbocycles. The molecule has 0 amide bonds. The van der Waals surface area contributed by atoms with Crippen molar-refractivity contribution in [2.75, 3.05) is 0 Å². The van der Waals surface area contributed by atoms with Gasteiger partial charge in [0.25, 0.3) is 0 Å². The van der Waals surface area contributed by atoms with E-state index >= 15 is 0 Å². The van der Waals surface area contributed by atoms with Gasteiger partial charge in [0.1, 0.15) is 11.6 Å². The molecule has 0 radical (unpaired) electrons. The molecule has 6 rings (SSSR count). The molecule has 0 atom stereocenters. The van der Waals surface area contributed by atoms with Gasteiger partial charge in [-0.2, -0.15) is 0 Å². The van der Waals surface area contributed by atoms with Crippen LogP contribution >= 0.6 is 0 Å². The third-order valence-electron chi connectivity index (χ3n) is 5.70. The van der Waals surface area contributed by atoms with Gasteiger partial charge in [0, 0.05) is 0 Å². The first-order valence-corrected chi connectivity index (χ1v) is 9.97. The topological polar surface area (TPSA) is 48.9 Å². The monoisotopic (exact) mass is 386 g/mol. The first-order chi connectivity index (χ1) is 14.8. The number of aromatic nitrogens is 2. The number of aromatic hydroxyl groups is 1. The van der Waals surface area contributed by atoms with E-state index in [4.69, 9.17) is 0 Å². The Labute approximate surface area is 173 Å². The van der Waals surface area contributed by atoms with Crippen LogP contribution in [0.1, 0.15) is 0 Å². The zero-order valence-electron chi connectivity index (χ0n) is 16.1. The number of hydrogen-bond donors (Lipinski definition) is 2. The Morgan fingerprint density at radius 1 is 0.667 bits per heavy atom. The molecular weight excluding hydrogens is 368 g/mol. The fraction of sp³-hybridized carbons (Fsp3) is 0. The Morgan fingerprint density at radius 2 is 1.33 bits per heavy atom. The van der Waals surface area contributed by atoms with E-state index in [1.165, 1.54) is 21.5 Å². The van der Waals surface area contributed by atoms with Gasteiger partial charge in [-0.25, -0.2) is 4.98 Å². The van der Waals surface area contributed by atoms with Crippen LogP contribution in [0.2, 0.25) is 0 Å². The van der Waals surface area contributed by atoms with E-state index < -0.39 is 0 Å². The number of phenols is 1. The van der Waals surface area contributed by atoms with Gasteiger partial charge in [-0.3, -0.25) is 0 Å². The summed E-state index contributed by atoms with van der Waals surface area (Å²) in [5.74, 6) is 0.881. The summed E-state index contributed by atoms with van der Waals surface area (Å²) in [5.41, 5.74) is 4.65. The van der Waals surface area contributed by atoms with Gasteiger partial charge < -0.3 is 10.1 Å². The summed E-state index contributed by atoms with van der Waals surface area (Å²) < 4.78 is 0. The number of H-pyrrole nitrogens is 1. The molecule has 0 aliphatic heterocycles. The molecule has 2 N–H and O–H groups in total. The Hall–Kier alpha value is -4.11. The highest BCUT2D eigenvalue weighted by Gasteiger charge is 2.14. The number of rotatable bonds is 2. The van der Waals surface area contributed by atoms with Crippen LogP contribution in [0.3, 0.4) is 0 Å². The number of imidazole rings is 1. The van der Waals surface area contributed by atoms with E-state index in [0.29, 0.717) is 11.4 Å². The van der Waals surface area contributed by atoms with Crippen molar-refractivity contribution in [2.24, 2.45) is 0 Å². The first-order valence-electron chi connectivity index (χ1n) is 9.97. The predicted octanol–water partition coefficient (Wildman–Crippen LogP) is 6.91. The number of hydrogen-bond acceptors (Lipinski definition) is 2. The van der Waals surface area contributed by atoms with Crippen molar-refractivity contribution in [1.82, 2.24) is 9.97 Å². The second-order valence-electron chi connectivity index (χ2n) is 7.53. The van der Waals surface area contributed by atoms with E-state index in [2.05, 4.69) is 70.6 Å². The number of nitrogens with one attached hydrogen (secondary N) is 1. The van der Waals surface area contributed by atoms with E-state index in [1.54, 1.807) is 0 Å². The molecule has 30 heavy (non-hydrogen) atoms. The SMILES string of the molecule is Oc1cc(-c2c3ccccc3cc3ccccc23)ccc1-c1nc2ccccc2[nH]1. The maximum Gasteiger partial charge on any atom is 0.142 e. The highest BCUT2D eigenvalue weighted by molar-refractivity contribution is 6.12. The summed E-state index contributed by atoms with van der Waals surface area (Å²) in [7, 11) is 0. The van der Waals surface area contributed by atoms with Gasteiger partial charge in [0.2, 0.25) is 0 Å². The highest BCUT2D eigenvalue weighted by atomic mass is 16.3. The molecule has 142 valence electrons. The molecule has 5 aromatic carbocycles. The third kappa shape index (κ3) is 2.56. The quantitative estimate of drug-likeness (QED) is 0.318. The van der Waals surface area contributed by atoms with Gasteiger partial charge in [0.15, 0.2) is 0 Å². The minimum Gasteiger partial charge on any atom is -0.507 e. The van der Waals surface area contributed by atoms with Crippen molar-refractivity contribution in [3.8, 4) is 28.3 Å². The summed E-state index contributed by atoms with van der Waals surface area (Å²) in [6.07, 6.45) is 0. The number of benzene rings is 5. The molecule has 0 aliphatic rings. The highest BCUT2D eigenvalue weighted by Crippen LogP contribution is 2.39. The van der Waals surface area contributed by atoms with Gasteiger partial charge in [-0.1, -0.05) is 66.7 Å². The molecular formula is C27H18N2O. The van der Waals surface area contributed by atoms with Crippen molar-refractivity contribution in [3.05, 3.63) is 97.1 Å². The number of para-hydroxylation sites is 2. The summed E-state index contributed by atoms with van der Waals surface area (Å²) in [6, 6.07) is 32.7. The standard InChI is InChI=1S/C27H18N2O/c30-25-16-19(13-14-22(25)27-28-23-11-5-6-12-24(23)29-27)26-20-9-3-1-7-17(20)15-18-8-2-4-10-21(18)26/h1-16,30H,(H,28,29). The zero-order valence-corrected chi connectivity index (χ0v) is 16.1. The Balaban J connectivity index is 1.58. The Morgan fingerprint density at radius 3 is 2.03 bits per heavy atom. The average Bonchev–Trinajstić information content (AvgIpc) is 3.21. The number of nitrogens with zero attached hydrogens (tertiary/aromatic N) is 1. The maximum absolute atomic E-state index is 10.9. The summed E-state index contributed by atoms with van der Waals surface area (Å²) in [6.45, 7) is 0. The van der Waals surface area contributed by atoms with Crippen molar-refractivity contribution >= 4 is 32.6 Å². The largest absolute Gasteiger partial charge is 0.507 e. The normalized spacial score (nSPS) is 11.5. The van der Waals surface area contributed by atoms with Crippen LogP contribution < -0.4 is 0 Å². The third-order valence-corrected chi connectivity index (χ3v) is 5.70. The van der Waals surface area contributed by atoms with Crippen LogP contribution in [0.5, 0.6) is 5.75 Å². The maximum atomic E-state index is 10.9. The summed E-state index contributed by atoms with van der Waals surface area (Å²) >= 11 is 0. The van der Waals surface area contributed by atoms with Crippen LogP contribution in [-0.2, 0) is 0 Å². The Kier molecular flexibility index (Phi) is 3.62. The lowest BCUT2D eigenvalue weighted by Gasteiger charge is -2.13. The number of phenolic OH excluding ortho intramolecular Hbond substituents is 1. The van der Waals surface area contributed by atoms with Gasteiger partial charge >= 0.3 is 0 Å². The lowest BCUT2D eigenvalue weighted by atomic mass is 9.91. The number of fused-ring (bicyclic) bond motifs is 3. The molecule has 6 aromatic rings. The van der Waals surface area contributed by atoms with Crippen LogP contribution in [0.25, 0.3) is 55.1 Å². The van der Waals surface area contributed by atoms with E-state index in [0.717, 1.165) is 22.2 Å². The Bertz CT molecular complexity index is 1480. The minimum atomic E-state index is 0.212. The smallest absolute Gasteiger partial charge is 0.142 e. The average molecular weight is 386 g/mol. The van der Waals surface area contributed by atoms with Crippen LogP contribution in [-0.4, -0.2) is 15.1 Å². The van der Waals surface area contributed by atoms with Crippen LogP contribution in [0.15, 0.2) is 97.1 Å². The molecule has 0 bridgehead atoms. The van der Waals surface area contributed by atoms with Gasteiger partial charge in [0.05, 0.1) is 16.6 Å². The van der Waals surface area contributed by atoms with E-state index in [-0.39, 0.29) is 5.75 Å².